The summed E-state index contributed by atoms with van der Waals surface area (Å²) in [7, 11) is 0. The number of benzene rings is 2. The van der Waals surface area contributed by atoms with Crippen LogP contribution in [0.2, 0.25) is 0 Å². The Morgan fingerprint density at radius 3 is 1.19 bits per heavy atom. The average Bonchev–Trinajstić information content (AvgIpc) is 2.36. The second-order valence-corrected chi connectivity index (χ2v) is 6.10. The second kappa shape index (κ2) is 5.07. The Labute approximate surface area is 127 Å². The van der Waals surface area contributed by atoms with Crippen LogP contribution in [0.1, 0.15) is 5.56 Å². The van der Waals surface area contributed by atoms with E-state index in [1.807, 2.05) is 0 Å². The van der Waals surface area contributed by atoms with Crippen LogP contribution in [0.15, 0.2) is 0 Å². The Balaban J connectivity index is 3.19. The first kappa shape index (κ1) is 16.5. The zero-order valence-electron chi connectivity index (χ0n) is 9.28. The van der Waals surface area contributed by atoms with Crippen LogP contribution < -0.4 is 0 Å². The maximum absolute atomic E-state index is 14.0. The molecule has 0 aliphatic carbocycles. The van der Waals surface area contributed by atoms with Gasteiger partial charge in [-0.05, 0) is 0 Å². The van der Waals surface area contributed by atoms with E-state index in [0.717, 1.165) is 0 Å². The third-order valence-electron chi connectivity index (χ3n) is 2.62. The van der Waals surface area contributed by atoms with Crippen molar-refractivity contribution in [1.29, 1.82) is 0 Å². The summed E-state index contributed by atoms with van der Waals surface area (Å²) in [5.74, 6) is -15.9. The molecule has 0 bridgehead atoms. The van der Waals surface area contributed by atoms with E-state index in [4.69, 9.17) is 34.8 Å². The number of hydrogen-bond donors (Lipinski definition) is 0. The fraction of sp³-hybridized carbons (Fsp3) is 0.0909. The monoisotopic (exact) mass is 370 g/mol. The van der Waals surface area contributed by atoms with E-state index < -0.39 is 60.8 Å². The predicted molar refractivity (Wildman–Crippen MR) is 62.9 cm³/mol. The van der Waals surface area contributed by atoms with Crippen LogP contribution in [0.25, 0.3) is 10.8 Å². The Morgan fingerprint density at radius 2 is 0.810 bits per heavy atom. The molecule has 0 saturated carbocycles. The van der Waals surface area contributed by atoms with Crippen LogP contribution in [-0.2, 0) is 3.79 Å². The smallest absolute Gasteiger partial charge is 0.206 e. The number of alkyl halides is 3. The van der Waals surface area contributed by atoms with Crippen LogP contribution >= 0.6 is 34.8 Å². The van der Waals surface area contributed by atoms with Gasteiger partial charge in [-0.1, -0.05) is 34.8 Å². The van der Waals surface area contributed by atoms with E-state index in [-0.39, 0.29) is 0 Å². The SMILES string of the molecule is Fc1c(F)c(F)c2c(F)c(C(Cl)(Cl)Cl)c(F)c(F)c2c1F. The molecule has 0 N–H and O–H groups in total. The third-order valence-corrected chi connectivity index (χ3v) is 3.19. The van der Waals surface area contributed by atoms with Crippen molar-refractivity contribution in [1.82, 2.24) is 0 Å². The molecule has 21 heavy (non-hydrogen) atoms. The Kier molecular flexibility index (Phi) is 3.97. The third kappa shape index (κ3) is 2.31. The number of rotatable bonds is 0. The topological polar surface area (TPSA) is 0 Å². The molecule has 0 fully saturated rings. The molecule has 0 heterocycles. The molecule has 0 unspecified atom stereocenters. The highest BCUT2D eigenvalue weighted by Crippen LogP contribution is 2.45. The summed E-state index contributed by atoms with van der Waals surface area (Å²) >= 11 is 15.6. The van der Waals surface area contributed by atoms with Gasteiger partial charge in [-0.25, -0.2) is 30.7 Å². The van der Waals surface area contributed by atoms with Crippen molar-refractivity contribution >= 4 is 45.6 Å². The summed E-state index contributed by atoms with van der Waals surface area (Å²) < 4.78 is 91.6. The first-order valence-electron chi connectivity index (χ1n) is 4.89. The van der Waals surface area contributed by atoms with Gasteiger partial charge in [0.2, 0.25) is 3.79 Å². The molecule has 0 aliphatic heterocycles. The zero-order valence-corrected chi connectivity index (χ0v) is 11.5. The van der Waals surface area contributed by atoms with E-state index >= 15 is 0 Å². The summed E-state index contributed by atoms with van der Waals surface area (Å²) in [5.41, 5.74) is -1.58. The van der Waals surface area contributed by atoms with Gasteiger partial charge < -0.3 is 0 Å². The van der Waals surface area contributed by atoms with Gasteiger partial charge in [-0.15, -0.1) is 0 Å². The van der Waals surface area contributed by atoms with Gasteiger partial charge in [0.15, 0.2) is 34.9 Å². The maximum atomic E-state index is 14.0. The fourth-order valence-electron chi connectivity index (χ4n) is 1.73. The van der Waals surface area contributed by atoms with Crippen molar-refractivity contribution in [3.8, 4) is 0 Å². The highest BCUT2D eigenvalue weighted by Gasteiger charge is 2.38. The normalized spacial score (nSPS) is 12.3. The van der Waals surface area contributed by atoms with Gasteiger partial charge in [0.1, 0.15) is 5.82 Å². The number of hydrogen-bond acceptors (Lipinski definition) is 0. The second-order valence-electron chi connectivity index (χ2n) is 3.82. The highest BCUT2D eigenvalue weighted by atomic mass is 35.6. The van der Waals surface area contributed by atoms with Crippen LogP contribution in [0.5, 0.6) is 0 Å². The lowest BCUT2D eigenvalue weighted by molar-refractivity contribution is 0.411. The Hall–Kier alpha value is -0.920. The van der Waals surface area contributed by atoms with Crippen LogP contribution in [-0.4, -0.2) is 0 Å². The average molecular weight is 371 g/mol. The van der Waals surface area contributed by atoms with Crippen molar-refractivity contribution in [2.45, 2.75) is 3.79 Å². The number of fused-ring (bicyclic) bond motifs is 1. The Bertz CT molecular complexity index is 767. The summed E-state index contributed by atoms with van der Waals surface area (Å²) in [6.45, 7) is 0. The van der Waals surface area contributed by atoms with Gasteiger partial charge >= 0.3 is 0 Å². The quantitative estimate of drug-likeness (QED) is 0.243. The first-order chi connectivity index (χ1) is 9.50. The molecule has 0 spiro atoms. The van der Waals surface area contributed by atoms with Crippen LogP contribution in [0.3, 0.4) is 0 Å². The van der Waals surface area contributed by atoms with E-state index in [9.17, 15) is 30.7 Å². The molecule has 0 saturated heterocycles. The number of halogens is 10. The predicted octanol–water partition coefficient (Wildman–Crippen LogP) is 5.64. The van der Waals surface area contributed by atoms with Gasteiger partial charge in [-0.2, -0.15) is 0 Å². The van der Waals surface area contributed by atoms with Gasteiger partial charge in [0, 0.05) is 0 Å². The van der Waals surface area contributed by atoms with Gasteiger partial charge in [0.25, 0.3) is 0 Å². The minimum absolute atomic E-state index is 1.58. The molecular formula is C11Cl3F7. The molecule has 0 radical (unpaired) electrons. The molecule has 10 heteroatoms. The van der Waals surface area contributed by atoms with Crippen molar-refractivity contribution in [3.63, 3.8) is 0 Å². The lowest BCUT2D eigenvalue weighted by Gasteiger charge is -2.17. The standard InChI is InChI=1S/C11Cl3F7/c12-11(13,14)3-4(15)1-2(5(16)8(3)19)7(18)10(21)9(20)6(1)17. The lowest BCUT2D eigenvalue weighted by atomic mass is 10.0. The molecule has 2 aromatic carbocycles. The van der Waals surface area contributed by atoms with E-state index in [2.05, 4.69) is 0 Å². The molecule has 114 valence electrons. The van der Waals surface area contributed by atoms with Gasteiger partial charge in [-0.3, -0.25) is 0 Å². The van der Waals surface area contributed by atoms with Crippen molar-refractivity contribution in [2.24, 2.45) is 0 Å². The molecule has 0 atom stereocenters. The Morgan fingerprint density at radius 1 is 0.476 bits per heavy atom. The maximum Gasteiger partial charge on any atom is 0.221 e. The van der Waals surface area contributed by atoms with E-state index in [0.29, 0.717) is 0 Å². The first-order valence-corrected chi connectivity index (χ1v) is 6.02. The van der Waals surface area contributed by atoms with Gasteiger partial charge in [0.05, 0.1) is 16.3 Å². The van der Waals surface area contributed by atoms with E-state index in [1.165, 1.54) is 0 Å². The molecule has 0 aliphatic rings. The summed E-state index contributed by atoms with van der Waals surface area (Å²) in [6, 6.07) is 0. The molecule has 0 nitrogen and oxygen atoms in total. The highest BCUT2D eigenvalue weighted by molar-refractivity contribution is 6.66. The summed E-state index contributed by atoms with van der Waals surface area (Å²) in [4.78, 5) is 0. The van der Waals surface area contributed by atoms with Crippen LogP contribution in [0.4, 0.5) is 30.7 Å². The molecule has 0 aromatic heterocycles. The molecular weight excluding hydrogens is 371 g/mol. The van der Waals surface area contributed by atoms with Crippen molar-refractivity contribution in [2.75, 3.05) is 0 Å². The summed E-state index contributed by atoms with van der Waals surface area (Å²) in [5, 5.41) is -3.47. The molecule has 2 aromatic rings. The molecule has 0 amide bonds. The fourth-order valence-corrected chi connectivity index (χ4v) is 2.23. The molecule has 2 rings (SSSR count). The minimum atomic E-state index is -2.89. The van der Waals surface area contributed by atoms with Crippen molar-refractivity contribution in [3.05, 3.63) is 46.3 Å². The van der Waals surface area contributed by atoms with Crippen molar-refractivity contribution < 1.29 is 30.7 Å². The van der Waals surface area contributed by atoms with E-state index in [1.54, 1.807) is 0 Å². The zero-order chi connectivity index (χ0) is 16.3. The van der Waals surface area contributed by atoms with Crippen LogP contribution in [0, 0.1) is 40.7 Å². The summed E-state index contributed by atoms with van der Waals surface area (Å²) in [6.07, 6.45) is 0. The lowest BCUT2D eigenvalue weighted by Crippen LogP contribution is -2.13. The largest absolute Gasteiger partial charge is 0.221 e. The minimum Gasteiger partial charge on any atom is -0.206 e.